The Labute approximate surface area is 125 Å². The number of anilines is 1. The van der Waals surface area contributed by atoms with E-state index in [0.29, 0.717) is 11.4 Å². The lowest BCUT2D eigenvalue weighted by atomic mass is 9.95. The zero-order chi connectivity index (χ0) is 15.1. The minimum absolute atomic E-state index is 0.0296. The number of para-hydroxylation sites is 2. The molecule has 2 rings (SSSR count). The topological polar surface area (TPSA) is 70.8 Å². The van der Waals surface area contributed by atoms with Crippen molar-refractivity contribution in [1.82, 2.24) is 0 Å². The molecule has 5 nitrogen and oxygen atoms in total. The van der Waals surface area contributed by atoms with Gasteiger partial charge in [0.25, 0.3) is 0 Å². The van der Waals surface area contributed by atoms with Gasteiger partial charge in [0.2, 0.25) is 0 Å². The van der Waals surface area contributed by atoms with Crippen LogP contribution < -0.4 is 10.5 Å². The highest BCUT2D eigenvalue weighted by Gasteiger charge is 2.24. The van der Waals surface area contributed by atoms with Gasteiger partial charge in [-0.1, -0.05) is 12.1 Å². The predicted molar refractivity (Wildman–Crippen MR) is 80.1 cm³/mol. The maximum absolute atomic E-state index is 11.8. The molecule has 1 aromatic rings. The van der Waals surface area contributed by atoms with Gasteiger partial charge < -0.3 is 19.9 Å². The summed E-state index contributed by atoms with van der Waals surface area (Å²) in [5.74, 6) is 0.369. The van der Waals surface area contributed by atoms with Crippen molar-refractivity contribution in [2.24, 2.45) is 0 Å². The highest BCUT2D eigenvalue weighted by molar-refractivity contribution is 5.69. The van der Waals surface area contributed by atoms with Crippen molar-refractivity contribution in [3.63, 3.8) is 0 Å². The van der Waals surface area contributed by atoms with Crippen LogP contribution >= 0.6 is 0 Å². The number of esters is 1. The number of methoxy groups -OCH3 is 1. The molecule has 1 aliphatic rings. The number of hydrogen-bond acceptors (Lipinski definition) is 5. The van der Waals surface area contributed by atoms with Gasteiger partial charge in [0, 0.05) is 13.5 Å². The number of nitrogens with two attached hydrogens (primary N) is 1. The summed E-state index contributed by atoms with van der Waals surface area (Å²) in [5.41, 5.74) is 6.33. The van der Waals surface area contributed by atoms with Gasteiger partial charge in [0.1, 0.15) is 11.9 Å². The summed E-state index contributed by atoms with van der Waals surface area (Å²) in [6, 6.07) is 7.23. The summed E-state index contributed by atoms with van der Waals surface area (Å²) in [7, 11) is 1.70. The normalized spacial score (nSPS) is 21.8. The van der Waals surface area contributed by atoms with Crippen molar-refractivity contribution in [1.29, 1.82) is 0 Å². The lowest BCUT2D eigenvalue weighted by Crippen LogP contribution is -2.29. The Kier molecular flexibility index (Phi) is 5.87. The highest BCUT2D eigenvalue weighted by Crippen LogP contribution is 2.23. The maximum Gasteiger partial charge on any atom is 0.309 e. The Bertz CT molecular complexity index is 463. The molecule has 0 radical (unpaired) electrons. The third-order valence-electron chi connectivity index (χ3n) is 3.69. The molecule has 0 saturated heterocycles. The first-order valence-corrected chi connectivity index (χ1v) is 7.38. The van der Waals surface area contributed by atoms with E-state index in [9.17, 15) is 4.79 Å². The van der Waals surface area contributed by atoms with E-state index in [1.165, 1.54) is 0 Å². The molecule has 0 aromatic heterocycles. The zero-order valence-corrected chi connectivity index (χ0v) is 12.4. The molecule has 21 heavy (non-hydrogen) atoms. The van der Waals surface area contributed by atoms with Crippen LogP contribution in [0.15, 0.2) is 24.3 Å². The molecule has 5 heteroatoms. The highest BCUT2D eigenvalue weighted by atomic mass is 16.5. The number of carbonyl (C=O) groups excluding carboxylic acids is 1. The maximum atomic E-state index is 11.8. The summed E-state index contributed by atoms with van der Waals surface area (Å²) >= 11 is 0. The molecule has 0 heterocycles. The van der Waals surface area contributed by atoms with E-state index < -0.39 is 0 Å². The minimum Gasteiger partial charge on any atom is -0.491 e. The molecule has 2 N–H and O–H groups in total. The average Bonchev–Trinajstić information content (AvgIpc) is 2.49. The molecule has 2 atom stereocenters. The average molecular weight is 293 g/mol. The van der Waals surface area contributed by atoms with Gasteiger partial charge in [-0.2, -0.15) is 0 Å². The van der Waals surface area contributed by atoms with Crippen LogP contribution in [-0.2, 0) is 14.3 Å². The number of hydrogen-bond donors (Lipinski definition) is 1. The van der Waals surface area contributed by atoms with Crippen molar-refractivity contribution in [2.75, 3.05) is 19.5 Å². The molecular formula is C16H23NO4. The van der Waals surface area contributed by atoms with E-state index >= 15 is 0 Å². The van der Waals surface area contributed by atoms with E-state index in [4.69, 9.17) is 19.9 Å². The molecule has 0 spiro atoms. The Hall–Kier alpha value is -1.75. The molecule has 1 saturated carbocycles. The smallest absolute Gasteiger partial charge is 0.309 e. The largest absolute Gasteiger partial charge is 0.491 e. The van der Waals surface area contributed by atoms with Crippen LogP contribution in [-0.4, -0.2) is 31.9 Å². The van der Waals surface area contributed by atoms with Crippen LogP contribution in [0.25, 0.3) is 0 Å². The fraction of sp³-hybridized carbons (Fsp3) is 0.562. The van der Waals surface area contributed by atoms with Crippen LogP contribution in [0.4, 0.5) is 5.69 Å². The summed E-state index contributed by atoms with van der Waals surface area (Å²) in [6.45, 7) is 0.271. The third-order valence-corrected chi connectivity index (χ3v) is 3.69. The van der Waals surface area contributed by atoms with Gasteiger partial charge in [-0.15, -0.1) is 0 Å². The number of rotatable bonds is 6. The molecule has 1 aromatic carbocycles. The predicted octanol–water partition coefficient (Wildman–Crippen LogP) is 2.54. The van der Waals surface area contributed by atoms with Crippen LogP contribution in [0.1, 0.15) is 32.1 Å². The Morgan fingerprint density at radius 2 is 2.05 bits per heavy atom. The number of benzene rings is 1. The monoisotopic (exact) mass is 293 g/mol. The van der Waals surface area contributed by atoms with Gasteiger partial charge in [0.15, 0.2) is 0 Å². The molecule has 116 valence electrons. The van der Waals surface area contributed by atoms with Crippen LogP contribution in [0, 0.1) is 0 Å². The molecular weight excluding hydrogens is 270 g/mol. The van der Waals surface area contributed by atoms with Gasteiger partial charge >= 0.3 is 5.97 Å². The van der Waals surface area contributed by atoms with Gasteiger partial charge in [-0.3, -0.25) is 4.79 Å². The molecule has 1 fully saturated rings. The van der Waals surface area contributed by atoms with Crippen molar-refractivity contribution >= 4 is 11.7 Å². The first-order chi connectivity index (χ1) is 10.2. The molecule has 2 unspecified atom stereocenters. The standard InChI is InChI=1S/C16H23NO4/c1-19-12-5-4-6-13(11-12)21-16(18)9-10-20-15-8-3-2-7-14(15)17/h2-3,7-8,12-13H,4-6,9-11,17H2,1H3. The summed E-state index contributed by atoms with van der Waals surface area (Å²) in [4.78, 5) is 11.8. The summed E-state index contributed by atoms with van der Waals surface area (Å²) < 4.78 is 16.3. The SMILES string of the molecule is COC1CCCC(OC(=O)CCOc2ccccc2N)C1. The first-order valence-electron chi connectivity index (χ1n) is 7.38. The van der Waals surface area contributed by atoms with Gasteiger partial charge in [-0.05, 0) is 31.4 Å². The van der Waals surface area contributed by atoms with Crippen molar-refractivity contribution < 1.29 is 19.0 Å². The van der Waals surface area contributed by atoms with Crippen LogP contribution in [0.3, 0.4) is 0 Å². The second kappa shape index (κ2) is 7.88. The van der Waals surface area contributed by atoms with Crippen molar-refractivity contribution in [3.05, 3.63) is 24.3 Å². The van der Waals surface area contributed by atoms with Crippen molar-refractivity contribution in [2.45, 2.75) is 44.3 Å². The van der Waals surface area contributed by atoms with Crippen LogP contribution in [0.5, 0.6) is 5.75 Å². The first kappa shape index (κ1) is 15.6. The second-order valence-corrected chi connectivity index (χ2v) is 5.27. The Balaban J connectivity index is 1.69. The second-order valence-electron chi connectivity index (χ2n) is 5.27. The summed E-state index contributed by atoms with van der Waals surface area (Å²) in [6.07, 6.45) is 4.18. The lowest BCUT2D eigenvalue weighted by molar-refractivity contribution is -0.153. The Morgan fingerprint density at radius 1 is 1.29 bits per heavy atom. The third kappa shape index (κ3) is 4.93. The van der Waals surface area contributed by atoms with E-state index in [0.717, 1.165) is 25.7 Å². The number of ether oxygens (including phenoxy) is 3. The molecule has 1 aliphatic carbocycles. The van der Waals surface area contributed by atoms with Crippen molar-refractivity contribution in [3.8, 4) is 5.75 Å². The number of carbonyl (C=O) groups is 1. The quantitative estimate of drug-likeness (QED) is 0.644. The van der Waals surface area contributed by atoms with Gasteiger partial charge in [-0.25, -0.2) is 0 Å². The minimum atomic E-state index is -0.230. The van der Waals surface area contributed by atoms with E-state index in [1.54, 1.807) is 19.2 Å². The summed E-state index contributed by atoms with van der Waals surface area (Å²) in [5, 5.41) is 0. The molecule has 0 amide bonds. The zero-order valence-electron chi connectivity index (χ0n) is 12.4. The molecule has 0 aliphatic heterocycles. The van der Waals surface area contributed by atoms with E-state index in [1.807, 2.05) is 12.1 Å². The molecule has 0 bridgehead atoms. The Morgan fingerprint density at radius 3 is 2.81 bits per heavy atom. The van der Waals surface area contributed by atoms with Crippen LogP contribution in [0.2, 0.25) is 0 Å². The number of nitrogen functional groups attached to an aromatic ring is 1. The van der Waals surface area contributed by atoms with Gasteiger partial charge in [0.05, 0.1) is 24.8 Å². The fourth-order valence-corrected chi connectivity index (χ4v) is 2.52. The van der Waals surface area contributed by atoms with E-state index in [2.05, 4.69) is 0 Å². The lowest BCUT2D eigenvalue weighted by Gasteiger charge is -2.27. The fourth-order valence-electron chi connectivity index (χ4n) is 2.52. The van der Waals surface area contributed by atoms with E-state index in [-0.39, 0.29) is 31.2 Å².